The summed E-state index contributed by atoms with van der Waals surface area (Å²) in [5.74, 6) is 2.01. The Morgan fingerprint density at radius 2 is 2.67 bits per heavy atom. The van der Waals surface area contributed by atoms with Crippen molar-refractivity contribution >= 4 is 11.8 Å². The van der Waals surface area contributed by atoms with Crippen LogP contribution in [0, 0.1) is 0 Å². The highest BCUT2D eigenvalue weighted by molar-refractivity contribution is 8.02. The standard InChI is InChI=1S/C6H8O2S/c1-6-3-9-2-5(6)7-4-8-6/h2H,3-4H2,1H3. The molecule has 0 aromatic rings. The number of hydrogen-bond acceptors (Lipinski definition) is 3. The molecule has 2 rings (SSSR count). The normalized spacial score (nSPS) is 39.9. The molecule has 0 radical (unpaired) electrons. The van der Waals surface area contributed by atoms with E-state index in [2.05, 4.69) is 6.92 Å². The summed E-state index contributed by atoms with van der Waals surface area (Å²) < 4.78 is 10.6. The third kappa shape index (κ3) is 0.682. The smallest absolute Gasteiger partial charge is 0.189 e. The second-order valence-electron chi connectivity index (χ2n) is 2.43. The molecule has 9 heavy (non-hydrogen) atoms. The van der Waals surface area contributed by atoms with Crippen molar-refractivity contribution in [2.45, 2.75) is 12.5 Å². The van der Waals surface area contributed by atoms with Gasteiger partial charge in [-0.15, -0.1) is 11.8 Å². The number of thioether (sulfide) groups is 1. The van der Waals surface area contributed by atoms with Crippen molar-refractivity contribution in [2.75, 3.05) is 12.5 Å². The number of rotatable bonds is 0. The Morgan fingerprint density at radius 1 is 1.78 bits per heavy atom. The van der Waals surface area contributed by atoms with E-state index in [-0.39, 0.29) is 5.60 Å². The Bertz CT molecular complexity index is 166. The molecule has 0 saturated carbocycles. The fourth-order valence-electron chi connectivity index (χ4n) is 0.995. The van der Waals surface area contributed by atoms with E-state index in [1.165, 1.54) is 0 Å². The summed E-state index contributed by atoms with van der Waals surface area (Å²) in [7, 11) is 0. The van der Waals surface area contributed by atoms with Gasteiger partial charge in [-0.2, -0.15) is 0 Å². The molecule has 0 aliphatic carbocycles. The van der Waals surface area contributed by atoms with Crippen molar-refractivity contribution in [3.63, 3.8) is 0 Å². The summed E-state index contributed by atoms with van der Waals surface area (Å²) in [6.45, 7) is 2.49. The fraction of sp³-hybridized carbons (Fsp3) is 0.667. The second-order valence-corrected chi connectivity index (χ2v) is 3.29. The molecule has 50 valence electrons. The molecule has 1 atom stereocenters. The summed E-state index contributed by atoms with van der Waals surface area (Å²) in [5.41, 5.74) is -0.0926. The van der Waals surface area contributed by atoms with Gasteiger partial charge < -0.3 is 9.47 Å². The Hall–Kier alpha value is -0.150. The van der Waals surface area contributed by atoms with Gasteiger partial charge >= 0.3 is 0 Å². The first-order valence-electron chi connectivity index (χ1n) is 2.90. The molecule has 0 spiro atoms. The van der Waals surface area contributed by atoms with Crippen LogP contribution in [0.15, 0.2) is 11.2 Å². The first kappa shape index (κ1) is 5.62. The van der Waals surface area contributed by atoms with Gasteiger partial charge in [-0.3, -0.25) is 0 Å². The van der Waals surface area contributed by atoms with Crippen LogP contribution in [-0.2, 0) is 9.47 Å². The lowest BCUT2D eigenvalue weighted by atomic mass is 10.1. The van der Waals surface area contributed by atoms with Crippen LogP contribution in [0.2, 0.25) is 0 Å². The van der Waals surface area contributed by atoms with Crippen LogP contribution in [0.5, 0.6) is 0 Å². The Balaban J connectivity index is 2.31. The minimum Gasteiger partial charge on any atom is -0.468 e. The molecule has 0 amide bonds. The third-order valence-electron chi connectivity index (χ3n) is 1.66. The van der Waals surface area contributed by atoms with Gasteiger partial charge in [0.1, 0.15) is 11.4 Å². The van der Waals surface area contributed by atoms with Crippen LogP contribution in [-0.4, -0.2) is 18.1 Å². The van der Waals surface area contributed by atoms with E-state index in [0.717, 1.165) is 11.5 Å². The van der Waals surface area contributed by atoms with Crippen molar-refractivity contribution < 1.29 is 9.47 Å². The van der Waals surface area contributed by atoms with Gasteiger partial charge in [0, 0.05) is 11.2 Å². The lowest BCUT2D eigenvalue weighted by molar-refractivity contribution is 0.0146. The molecule has 2 aliphatic heterocycles. The maximum atomic E-state index is 5.35. The maximum absolute atomic E-state index is 5.35. The van der Waals surface area contributed by atoms with E-state index < -0.39 is 0 Å². The Labute approximate surface area is 58.2 Å². The number of ether oxygens (including phenoxy) is 2. The molecule has 2 aliphatic rings. The van der Waals surface area contributed by atoms with Crippen LogP contribution < -0.4 is 0 Å². The van der Waals surface area contributed by atoms with E-state index in [1.54, 1.807) is 11.8 Å². The Kier molecular flexibility index (Phi) is 1.04. The summed E-state index contributed by atoms with van der Waals surface area (Å²) in [6, 6.07) is 0. The van der Waals surface area contributed by atoms with Gasteiger partial charge in [0.05, 0.1) is 0 Å². The highest BCUT2D eigenvalue weighted by atomic mass is 32.2. The van der Waals surface area contributed by atoms with E-state index in [9.17, 15) is 0 Å². The molecule has 1 fully saturated rings. The molecule has 0 aromatic carbocycles. The maximum Gasteiger partial charge on any atom is 0.189 e. The van der Waals surface area contributed by atoms with Crippen molar-refractivity contribution in [1.29, 1.82) is 0 Å². The van der Waals surface area contributed by atoms with Gasteiger partial charge in [0.15, 0.2) is 6.79 Å². The predicted octanol–water partition coefficient (Wildman–Crippen LogP) is 1.34. The molecule has 1 unspecified atom stereocenters. The fourth-order valence-corrected chi connectivity index (χ4v) is 2.09. The quantitative estimate of drug-likeness (QED) is 0.511. The van der Waals surface area contributed by atoms with E-state index in [1.807, 2.05) is 5.41 Å². The molecule has 2 nitrogen and oxygen atoms in total. The van der Waals surface area contributed by atoms with Gasteiger partial charge in [-0.1, -0.05) is 0 Å². The molecule has 2 heterocycles. The van der Waals surface area contributed by atoms with Gasteiger partial charge in [0.2, 0.25) is 0 Å². The van der Waals surface area contributed by atoms with Crippen LogP contribution >= 0.6 is 11.8 Å². The summed E-state index contributed by atoms with van der Waals surface area (Å²) in [6.07, 6.45) is 0. The summed E-state index contributed by atoms with van der Waals surface area (Å²) in [4.78, 5) is 0. The van der Waals surface area contributed by atoms with Crippen LogP contribution in [0.25, 0.3) is 0 Å². The Morgan fingerprint density at radius 3 is 3.44 bits per heavy atom. The largest absolute Gasteiger partial charge is 0.468 e. The lowest BCUT2D eigenvalue weighted by Gasteiger charge is -2.13. The monoisotopic (exact) mass is 144 g/mol. The lowest BCUT2D eigenvalue weighted by Crippen LogP contribution is -2.24. The number of fused-ring (bicyclic) bond motifs is 1. The summed E-state index contributed by atoms with van der Waals surface area (Å²) in [5, 5.41) is 2.03. The van der Waals surface area contributed by atoms with Gasteiger partial charge in [-0.25, -0.2) is 0 Å². The van der Waals surface area contributed by atoms with Crippen molar-refractivity contribution in [3.8, 4) is 0 Å². The van der Waals surface area contributed by atoms with Crippen molar-refractivity contribution in [1.82, 2.24) is 0 Å². The molecular weight excluding hydrogens is 136 g/mol. The van der Waals surface area contributed by atoms with Crippen LogP contribution in [0.3, 0.4) is 0 Å². The highest BCUT2D eigenvalue weighted by Crippen LogP contribution is 2.39. The topological polar surface area (TPSA) is 18.5 Å². The zero-order chi connectivity index (χ0) is 6.32. The molecule has 0 bridgehead atoms. The SMILES string of the molecule is CC12CSC=C1OCO2. The minimum atomic E-state index is -0.0926. The minimum absolute atomic E-state index is 0.0926. The predicted molar refractivity (Wildman–Crippen MR) is 36.0 cm³/mol. The van der Waals surface area contributed by atoms with E-state index >= 15 is 0 Å². The number of hydrogen-bond donors (Lipinski definition) is 0. The molecular formula is C6H8O2S. The molecule has 1 saturated heterocycles. The highest BCUT2D eigenvalue weighted by Gasteiger charge is 2.40. The average Bonchev–Trinajstić information content (AvgIpc) is 2.22. The molecule has 3 heteroatoms. The zero-order valence-corrected chi connectivity index (χ0v) is 6.03. The van der Waals surface area contributed by atoms with Crippen molar-refractivity contribution in [3.05, 3.63) is 11.2 Å². The first-order chi connectivity index (χ1) is 4.31. The zero-order valence-electron chi connectivity index (χ0n) is 5.22. The van der Waals surface area contributed by atoms with Gasteiger partial charge in [0.25, 0.3) is 0 Å². The van der Waals surface area contributed by atoms with E-state index in [0.29, 0.717) is 6.79 Å². The first-order valence-corrected chi connectivity index (χ1v) is 3.95. The van der Waals surface area contributed by atoms with Gasteiger partial charge in [-0.05, 0) is 6.92 Å². The van der Waals surface area contributed by atoms with Crippen LogP contribution in [0.1, 0.15) is 6.92 Å². The van der Waals surface area contributed by atoms with E-state index in [4.69, 9.17) is 9.47 Å². The molecule has 0 aromatic heterocycles. The second kappa shape index (κ2) is 1.67. The van der Waals surface area contributed by atoms with Crippen molar-refractivity contribution in [2.24, 2.45) is 0 Å². The average molecular weight is 144 g/mol. The molecule has 0 N–H and O–H groups in total. The van der Waals surface area contributed by atoms with Crippen LogP contribution in [0.4, 0.5) is 0 Å². The third-order valence-corrected chi connectivity index (χ3v) is 2.76. The summed E-state index contributed by atoms with van der Waals surface area (Å²) >= 11 is 1.75.